The number of amides is 1. The summed E-state index contributed by atoms with van der Waals surface area (Å²) in [6.07, 6.45) is 1.54. The summed E-state index contributed by atoms with van der Waals surface area (Å²) < 4.78 is 44.3. The highest BCUT2D eigenvalue weighted by atomic mass is 32.2. The molecule has 1 amide bonds. The van der Waals surface area contributed by atoms with E-state index in [-0.39, 0.29) is 17.3 Å². The van der Waals surface area contributed by atoms with Crippen molar-refractivity contribution in [1.29, 1.82) is 0 Å². The van der Waals surface area contributed by atoms with Gasteiger partial charge >= 0.3 is 0 Å². The van der Waals surface area contributed by atoms with Crippen molar-refractivity contribution in [2.75, 3.05) is 7.05 Å². The van der Waals surface area contributed by atoms with Gasteiger partial charge in [0.15, 0.2) is 0 Å². The smallest absolute Gasteiger partial charge is 0.251 e. The normalized spacial score (nSPS) is 11.1. The summed E-state index contributed by atoms with van der Waals surface area (Å²) in [5.74, 6) is -0.119. The minimum atomic E-state index is -3.55. The fourth-order valence-corrected chi connectivity index (χ4v) is 3.14. The zero-order valence-electron chi connectivity index (χ0n) is 15.4. The molecule has 0 saturated carbocycles. The molecule has 0 aliphatic rings. The van der Waals surface area contributed by atoms with Crippen LogP contribution in [0.1, 0.15) is 15.9 Å². The highest BCUT2D eigenvalue weighted by molar-refractivity contribution is 7.89. The minimum Gasteiger partial charge on any atom is -0.439 e. The molecule has 2 N–H and O–H groups in total. The monoisotopic (exact) mass is 415 g/mol. The first kappa shape index (κ1) is 20.4. The Kier molecular flexibility index (Phi) is 6.20. The van der Waals surface area contributed by atoms with Crippen molar-refractivity contribution in [2.24, 2.45) is 0 Å². The van der Waals surface area contributed by atoms with E-state index < -0.39 is 15.8 Å². The van der Waals surface area contributed by atoms with Gasteiger partial charge in [0.05, 0.1) is 4.90 Å². The van der Waals surface area contributed by atoms with Crippen molar-refractivity contribution in [3.63, 3.8) is 0 Å². The van der Waals surface area contributed by atoms with E-state index in [2.05, 4.69) is 15.0 Å². The number of benzene rings is 2. The van der Waals surface area contributed by atoms with Gasteiger partial charge in [0.25, 0.3) is 5.91 Å². The van der Waals surface area contributed by atoms with E-state index in [0.29, 0.717) is 17.2 Å². The largest absolute Gasteiger partial charge is 0.439 e. The summed E-state index contributed by atoms with van der Waals surface area (Å²) in [6, 6.07) is 14.7. The van der Waals surface area contributed by atoms with Crippen LogP contribution in [-0.4, -0.2) is 26.4 Å². The van der Waals surface area contributed by atoms with Crippen molar-refractivity contribution in [2.45, 2.75) is 11.4 Å². The Morgan fingerprint density at radius 3 is 2.48 bits per heavy atom. The van der Waals surface area contributed by atoms with Crippen LogP contribution >= 0.6 is 0 Å². The van der Waals surface area contributed by atoms with Crippen molar-refractivity contribution in [3.8, 4) is 11.6 Å². The molecule has 0 atom stereocenters. The predicted molar refractivity (Wildman–Crippen MR) is 105 cm³/mol. The number of carbonyl (C=O) groups excluding carboxylic acids is 1. The SMILES string of the molecule is CNS(=O)(=O)c1ccc(C(=O)NCc2ccc(Oc3cccc(F)c3)nc2)cc1. The number of sulfonamides is 1. The lowest BCUT2D eigenvalue weighted by molar-refractivity contribution is 0.0951. The zero-order valence-corrected chi connectivity index (χ0v) is 16.2. The summed E-state index contributed by atoms with van der Waals surface area (Å²) in [4.78, 5) is 16.4. The van der Waals surface area contributed by atoms with Crippen molar-refractivity contribution in [3.05, 3.63) is 83.8 Å². The summed E-state index contributed by atoms with van der Waals surface area (Å²) in [5, 5.41) is 2.73. The number of hydrogen-bond acceptors (Lipinski definition) is 5. The fraction of sp³-hybridized carbons (Fsp3) is 0.100. The average molecular weight is 415 g/mol. The molecule has 0 fully saturated rings. The number of aromatic nitrogens is 1. The zero-order chi connectivity index (χ0) is 20.9. The van der Waals surface area contributed by atoms with Crippen molar-refractivity contribution >= 4 is 15.9 Å². The number of nitrogens with one attached hydrogen (secondary N) is 2. The van der Waals surface area contributed by atoms with Crippen LogP contribution in [0.25, 0.3) is 0 Å². The van der Waals surface area contributed by atoms with E-state index in [0.717, 1.165) is 5.56 Å². The Morgan fingerprint density at radius 2 is 1.86 bits per heavy atom. The molecule has 1 heterocycles. The fourth-order valence-electron chi connectivity index (χ4n) is 2.41. The van der Waals surface area contributed by atoms with Gasteiger partial charge in [-0.05, 0) is 49.0 Å². The maximum atomic E-state index is 13.2. The first-order valence-electron chi connectivity index (χ1n) is 8.57. The third kappa shape index (κ3) is 5.37. The molecule has 0 spiro atoms. The Hall–Kier alpha value is -3.30. The first-order valence-corrected chi connectivity index (χ1v) is 10.1. The summed E-state index contributed by atoms with van der Waals surface area (Å²) in [6.45, 7) is 0.225. The van der Waals surface area contributed by atoms with Crippen LogP contribution in [-0.2, 0) is 16.6 Å². The lowest BCUT2D eigenvalue weighted by Gasteiger charge is -2.08. The molecule has 0 saturated heterocycles. The molecule has 0 aliphatic heterocycles. The maximum Gasteiger partial charge on any atom is 0.251 e. The Morgan fingerprint density at radius 1 is 1.10 bits per heavy atom. The molecule has 7 nitrogen and oxygen atoms in total. The van der Waals surface area contributed by atoms with Crippen molar-refractivity contribution in [1.82, 2.24) is 15.0 Å². The highest BCUT2D eigenvalue weighted by Crippen LogP contribution is 2.20. The van der Waals surface area contributed by atoms with E-state index in [9.17, 15) is 17.6 Å². The number of pyridine rings is 1. The number of hydrogen-bond donors (Lipinski definition) is 2. The average Bonchev–Trinajstić information content (AvgIpc) is 2.73. The van der Waals surface area contributed by atoms with Gasteiger partial charge in [-0.25, -0.2) is 22.5 Å². The third-order valence-corrected chi connectivity index (χ3v) is 5.39. The Bertz CT molecular complexity index is 1100. The van der Waals surface area contributed by atoms with E-state index in [4.69, 9.17) is 4.74 Å². The number of nitrogens with zero attached hydrogens (tertiary/aromatic N) is 1. The molecule has 0 bridgehead atoms. The van der Waals surface area contributed by atoms with E-state index in [1.165, 1.54) is 55.7 Å². The summed E-state index contributed by atoms with van der Waals surface area (Å²) in [7, 11) is -2.23. The van der Waals surface area contributed by atoms with Crippen LogP contribution in [0, 0.1) is 5.82 Å². The molecule has 9 heteroatoms. The van der Waals surface area contributed by atoms with Crippen LogP contribution < -0.4 is 14.8 Å². The Balaban J connectivity index is 1.57. The molecule has 3 rings (SSSR count). The van der Waals surface area contributed by atoms with Gasteiger partial charge < -0.3 is 10.1 Å². The molecule has 0 radical (unpaired) electrons. The van der Waals surface area contributed by atoms with Crippen LogP contribution in [0.3, 0.4) is 0 Å². The van der Waals surface area contributed by atoms with E-state index in [1.54, 1.807) is 18.2 Å². The van der Waals surface area contributed by atoms with Crippen LogP contribution in [0.5, 0.6) is 11.6 Å². The molecule has 29 heavy (non-hydrogen) atoms. The van der Waals surface area contributed by atoms with Crippen LogP contribution in [0.15, 0.2) is 71.8 Å². The third-order valence-electron chi connectivity index (χ3n) is 3.96. The van der Waals surface area contributed by atoms with Gasteiger partial charge in [0, 0.05) is 30.4 Å². The molecular weight excluding hydrogens is 397 g/mol. The Labute approximate surface area is 167 Å². The van der Waals surface area contributed by atoms with E-state index >= 15 is 0 Å². The first-order chi connectivity index (χ1) is 13.9. The van der Waals surface area contributed by atoms with Gasteiger partial charge in [-0.15, -0.1) is 0 Å². The molecule has 2 aromatic carbocycles. The topological polar surface area (TPSA) is 97.4 Å². The predicted octanol–water partition coefficient (Wildman–Crippen LogP) is 2.85. The van der Waals surface area contributed by atoms with Gasteiger partial charge in [-0.1, -0.05) is 12.1 Å². The highest BCUT2D eigenvalue weighted by Gasteiger charge is 2.12. The van der Waals surface area contributed by atoms with Gasteiger partial charge in [0.1, 0.15) is 11.6 Å². The van der Waals surface area contributed by atoms with Crippen molar-refractivity contribution < 1.29 is 22.3 Å². The molecule has 1 aromatic heterocycles. The number of carbonyl (C=O) groups is 1. The van der Waals surface area contributed by atoms with Crippen LogP contribution in [0.2, 0.25) is 0 Å². The molecule has 3 aromatic rings. The van der Waals surface area contributed by atoms with Gasteiger partial charge in [-0.3, -0.25) is 4.79 Å². The number of rotatable bonds is 7. The molecule has 0 unspecified atom stereocenters. The van der Waals surface area contributed by atoms with E-state index in [1.807, 2.05) is 0 Å². The second kappa shape index (κ2) is 8.80. The lowest BCUT2D eigenvalue weighted by atomic mass is 10.2. The second-order valence-corrected chi connectivity index (χ2v) is 7.87. The lowest BCUT2D eigenvalue weighted by Crippen LogP contribution is -2.23. The minimum absolute atomic E-state index is 0.0784. The quantitative estimate of drug-likeness (QED) is 0.619. The molecular formula is C20H18FN3O4S. The molecule has 150 valence electrons. The number of ether oxygens (including phenoxy) is 1. The van der Waals surface area contributed by atoms with Gasteiger partial charge in [0.2, 0.25) is 15.9 Å². The summed E-state index contributed by atoms with van der Waals surface area (Å²) >= 11 is 0. The number of halogens is 1. The van der Waals surface area contributed by atoms with Gasteiger partial charge in [-0.2, -0.15) is 0 Å². The maximum absolute atomic E-state index is 13.2. The second-order valence-electron chi connectivity index (χ2n) is 5.98. The summed E-state index contributed by atoms with van der Waals surface area (Å²) in [5.41, 5.74) is 1.07. The molecule has 0 aliphatic carbocycles. The van der Waals surface area contributed by atoms with Crippen LogP contribution in [0.4, 0.5) is 4.39 Å². The standard InChI is InChI=1S/C20H18FN3O4S/c1-22-29(26,27)18-8-6-15(7-9-18)20(25)24-13-14-5-10-19(23-12-14)28-17-4-2-3-16(21)11-17/h2-12,22H,13H2,1H3,(H,24,25).